The lowest BCUT2D eigenvalue weighted by atomic mass is 9.88. The lowest BCUT2D eigenvalue weighted by molar-refractivity contribution is 1.13. The molecule has 0 saturated heterocycles. The zero-order valence-corrected chi connectivity index (χ0v) is 37.6. The van der Waals surface area contributed by atoms with E-state index < -0.39 is 0 Å². The van der Waals surface area contributed by atoms with E-state index in [2.05, 4.69) is 160 Å². The molecule has 5 nitrogen and oxygen atoms in total. The molecule has 15 aromatic rings. The van der Waals surface area contributed by atoms with E-state index in [0.717, 1.165) is 92.2 Å². The van der Waals surface area contributed by atoms with Crippen LogP contribution in [0.4, 0.5) is 5.69 Å². The lowest BCUT2D eigenvalue weighted by Gasteiger charge is -2.25. The maximum Gasteiger partial charge on any atom is 0.220 e. The van der Waals surface area contributed by atoms with Gasteiger partial charge in [-0.2, -0.15) is 5.26 Å². The molecule has 5 aromatic heterocycles. The second kappa shape index (κ2) is 13.8. The molecule has 0 unspecified atom stereocenters. The zero-order valence-electron chi connectivity index (χ0n) is 36.0. The van der Waals surface area contributed by atoms with Crippen molar-refractivity contribution in [3.63, 3.8) is 0 Å². The van der Waals surface area contributed by atoms with Gasteiger partial charge in [0.2, 0.25) is 5.69 Å². The Balaban J connectivity index is 1.25. The largest absolute Gasteiger partial charge is 0.317 e. The first-order chi connectivity index (χ1) is 33.7. The third-order valence-corrected chi connectivity index (χ3v) is 16.6. The third kappa shape index (κ3) is 4.78. The summed E-state index contributed by atoms with van der Waals surface area (Å²) in [6, 6.07) is 64.8. The molecule has 0 saturated carbocycles. The molecule has 0 bridgehead atoms. The molecule has 0 aliphatic carbocycles. The number of aromatic nitrogens is 3. The first kappa shape index (κ1) is 37.4. The second-order valence-electron chi connectivity index (χ2n) is 17.5. The Morgan fingerprint density at radius 2 is 1.00 bits per heavy atom. The zero-order chi connectivity index (χ0) is 44.8. The molecule has 0 fully saturated rings. The maximum absolute atomic E-state index is 12.1. The van der Waals surface area contributed by atoms with Gasteiger partial charge in [0, 0.05) is 79.9 Å². The predicted molar refractivity (Wildman–Crippen MR) is 287 cm³/mol. The number of rotatable bonds is 4. The molecule has 10 aromatic carbocycles. The van der Waals surface area contributed by atoms with Crippen molar-refractivity contribution in [2.75, 3.05) is 0 Å². The van der Waals surface area contributed by atoms with Crippen LogP contribution >= 0.6 is 22.7 Å². The summed E-state index contributed by atoms with van der Waals surface area (Å²) in [5.41, 5.74) is 9.30. The molecule has 0 aliphatic rings. The summed E-state index contributed by atoms with van der Waals surface area (Å²) < 4.78 is 9.47. The van der Waals surface area contributed by atoms with Gasteiger partial charge in [-0.25, -0.2) is 4.85 Å². The number of hydrogen-bond donors (Lipinski definition) is 0. The first-order valence-corrected chi connectivity index (χ1v) is 24.2. The molecular weight excluding hydrogens is 867 g/mol. The molecular formula is C61H31N5S2. The summed E-state index contributed by atoms with van der Waals surface area (Å²) in [4.78, 5) is 9.52. The average molecular weight is 898 g/mol. The van der Waals surface area contributed by atoms with Gasteiger partial charge in [0.15, 0.2) is 0 Å². The third-order valence-electron chi connectivity index (χ3n) is 14.2. The smallest absolute Gasteiger partial charge is 0.220 e. The van der Waals surface area contributed by atoms with Crippen LogP contribution in [0.25, 0.3) is 144 Å². The molecule has 0 aliphatic heterocycles. The van der Waals surface area contributed by atoms with E-state index in [4.69, 9.17) is 4.98 Å². The number of nitriles is 1. The number of thiophene rings is 2. The Labute approximate surface area is 396 Å². The van der Waals surface area contributed by atoms with Crippen molar-refractivity contribution in [3.05, 3.63) is 205 Å². The Morgan fingerprint density at radius 3 is 1.71 bits per heavy atom. The SMILES string of the molecule is [C-]#[N+]c1c(-c2ccccc2)c(C#N)c(-n2c3ccc4c5ccccc5sc4c3c3ccc4c5ccccc5sc4c32)c(-c2ccccc2)c1-n1c2cccc3c4ccccc4c4cncc1c4c32. The van der Waals surface area contributed by atoms with Gasteiger partial charge in [-0.3, -0.25) is 4.98 Å². The normalized spacial score (nSPS) is 12.1. The van der Waals surface area contributed by atoms with E-state index >= 15 is 0 Å². The summed E-state index contributed by atoms with van der Waals surface area (Å²) in [5, 5.41) is 25.9. The Morgan fingerprint density at radius 1 is 0.441 bits per heavy atom. The van der Waals surface area contributed by atoms with Crippen LogP contribution in [-0.2, 0) is 0 Å². The average Bonchev–Trinajstić information content (AvgIpc) is 4.16. The number of fused-ring (bicyclic) bond motifs is 14. The minimum Gasteiger partial charge on any atom is -0.317 e. The fourth-order valence-corrected chi connectivity index (χ4v) is 14.0. The highest BCUT2D eigenvalue weighted by molar-refractivity contribution is 7.27. The predicted octanol–water partition coefficient (Wildman–Crippen LogP) is 17.5. The molecule has 0 radical (unpaired) electrons. The minimum atomic E-state index is 0.404. The fraction of sp³-hybridized carbons (Fsp3) is 0. The van der Waals surface area contributed by atoms with Crippen molar-refractivity contribution < 1.29 is 0 Å². The Kier molecular flexibility index (Phi) is 7.61. The molecule has 0 amide bonds. The van der Waals surface area contributed by atoms with Gasteiger partial charge < -0.3 is 9.13 Å². The van der Waals surface area contributed by atoms with Crippen molar-refractivity contribution in [1.29, 1.82) is 5.26 Å². The number of nitrogens with zero attached hydrogens (tertiary/aromatic N) is 5. The Hall–Kier alpha value is -8.85. The molecule has 15 rings (SSSR count). The van der Waals surface area contributed by atoms with Crippen molar-refractivity contribution in [1.82, 2.24) is 14.1 Å². The van der Waals surface area contributed by atoms with E-state index in [-0.39, 0.29) is 0 Å². The number of benzene rings is 10. The summed E-state index contributed by atoms with van der Waals surface area (Å²) >= 11 is 3.62. The topological polar surface area (TPSA) is 50.9 Å². The summed E-state index contributed by atoms with van der Waals surface area (Å²) in [7, 11) is 0. The minimum absolute atomic E-state index is 0.404. The summed E-state index contributed by atoms with van der Waals surface area (Å²) in [6.45, 7) is 9.33. The molecule has 7 heteroatoms. The molecule has 0 spiro atoms. The van der Waals surface area contributed by atoms with Crippen LogP contribution in [0.2, 0.25) is 0 Å². The molecule has 68 heavy (non-hydrogen) atoms. The van der Waals surface area contributed by atoms with E-state index in [1.807, 2.05) is 60.1 Å². The monoisotopic (exact) mass is 897 g/mol. The number of hydrogen-bond acceptors (Lipinski definition) is 4. The highest BCUT2D eigenvalue weighted by atomic mass is 32.1. The van der Waals surface area contributed by atoms with Crippen LogP contribution in [0.1, 0.15) is 5.56 Å². The van der Waals surface area contributed by atoms with Crippen molar-refractivity contribution in [3.8, 4) is 39.7 Å². The molecule has 0 N–H and O–H groups in total. The molecule has 312 valence electrons. The van der Waals surface area contributed by atoms with E-state index in [0.29, 0.717) is 22.5 Å². The van der Waals surface area contributed by atoms with Gasteiger partial charge in [0.25, 0.3) is 0 Å². The van der Waals surface area contributed by atoms with Gasteiger partial charge in [-0.05, 0) is 51.6 Å². The van der Waals surface area contributed by atoms with E-state index in [9.17, 15) is 11.8 Å². The van der Waals surface area contributed by atoms with Gasteiger partial charge in [-0.15, -0.1) is 22.7 Å². The maximum atomic E-state index is 12.1. The molecule has 0 atom stereocenters. The van der Waals surface area contributed by atoms with Crippen LogP contribution in [0, 0.1) is 17.9 Å². The Bertz CT molecular complexity index is 4660. The second-order valence-corrected chi connectivity index (χ2v) is 19.6. The van der Waals surface area contributed by atoms with Crippen molar-refractivity contribution >= 4 is 134 Å². The van der Waals surface area contributed by atoms with Gasteiger partial charge in [0.05, 0.1) is 56.5 Å². The number of pyridine rings is 1. The highest BCUT2D eigenvalue weighted by Gasteiger charge is 2.33. The van der Waals surface area contributed by atoms with Gasteiger partial charge in [-0.1, -0.05) is 152 Å². The van der Waals surface area contributed by atoms with Gasteiger partial charge >= 0.3 is 0 Å². The van der Waals surface area contributed by atoms with Crippen LogP contribution < -0.4 is 0 Å². The summed E-state index contributed by atoms with van der Waals surface area (Å²) in [6.07, 6.45) is 3.94. The summed E-state index contributed by atoms with van der Waals surface area (Å²) in [5.74, 6) is 0. The van der Waals surface area contributed by atoms with E-state index in [1.54, 1.807) is 11.3 Å². The van der Waals surface area contributed by atoms with Crippen LogP contribution in [-0.4, -0.2) is 14.1 Å². The van der Waals surface area contributed by atoms with Gasteiger partial charge in [0.1, 0.15) is 6.07 Å². The van der Waals surface area contributed by atoms with E-state index in [1.165, 1.54) is 35.6 Å². The standard InChI is InChI=1S/C61H31N5S2/c1-63-56-51(34-15-4-2-5-16-34)44(31-62)57(52(35-17-6-3-7-18-35)59(56)65-46-24-14-23-40-36-19-8-9-20-37(36)45-32-64-33-48(65)54(45)53(40)46)66-47-30-29-41-38-21-10-12-25-49(38)67-60(41)55(47)43-28-27-42-39-22-11-13-26-50(39)68-61(42)58(43)66/h2-30,32-33H. The highest BCUT2D eigenvalue weighted by Crippen LogP contribution is 2.55. The van der Waals surface area contributed by atoms with Crippen LogP contribution in [0.5, 0.6) is 0 Å². The first-order valence-electron chi connectivity index (χ1n) is 22.5. The van der Waals surface area contributed by atoms with Crippen LogP contribution in [0.3, 0.4) is 0 Å². The quantitative estimate of drug-likeness (QED) is 0.131. The van der Waals surface area contributed by atoms with Crippen molar-refractivity contribution in [2.24, 2.45) is 0 Å². The molecule has 5 heterocycles. The van der Waals surface area contributed by atoms with Crippen LogP contribution in [0.15, 0.2) is 188 Å². The lowest BCUT2D eigenvalue weighted by Crippen LogP contribution is -2.09. The van der Waals surface area contributed by atoms with Crippen molar-refractivity contribution in [2.45, 2.75) is 0 Å². The fourth-order valence-electron chi connectivity index (χ4n) is 11.5.